The molecule has 2 aromatic carbocycles. The Morgan fingerprint density at radius 2 is 1.85 bits per heavy atom. The number of hydrogen-bond donors (Lipinski definition) is 0. The second-order valence-corrected chi connectivity index (χ2v) is 7.31. The second-order valence-electron chi connectivity index (χ2n) is 6.39. The van der Waals surface area contributed by atoms with Crippen molar-refractivity contribution in [1.29, 1.82) is 0 Å². The zero-order chi connectivity index (χ0) is 18.5. The number of benzene rings is 2. The number of likely N-dealkylation sites (N-methyl/N-ethyl adjacent to an activating group) is 1. The molecule has 0 spiro atoms. The van der Waals surface area contributed by atoms with Crippen LogP contribution in [0.1, 0.15) is 17.2 Å². The van der Waals surface area contributed by atoms with Gasteiger partial charge in [-0.1, -0.05) is 46.3 Å². The zero-order valence-corrected chi connectivity index (χ0v) is 16.3. The van der Waals surface area contributed by atoms with E-state index in [4.69, 9.17) is 4.74 Å². The highest BCUT2D eigenvalue weighted by atomic mass is 79.9. The van der Waals surface area contributed by atoms with Gasteiger partial charge in [0.25, 0.3) is 0 Å². The topological polar surface area (TPSA) is 32.8 Å². The van der Waals surface area contributed by atoms with Crippen LogP contribution in [0.15, 0.2) is 53.0 Å². The van der Waals surface area contributed by atoms with Gasteiger partial charge in [0.15, 0.2) is 0 Å². The molecule has 3 rings (SSSR count). The first-order chi connectivity index (χ1) is 12.6. The fourth-order valence-electron chi connectivity index (χ4n) is 3.17. The van der Waals surface area contributed by atoms with Gasteiger partial charge in [-0.15, -0.1) is 0 Å². The summed E-state index contributed by atoms with van der Waals surface area (Å²) >= 11 is 3.41. The van der Waals surface area contributed by atoms with E-state index in [0.29, 0.717) is 38.4 Å². The van der Waals surface area contributed by atoms with Crippen LogP contribution in [0.5, 0.6) is 0 Å². The highest BCUT2D eigenvalue weighted by Crippen LogP contribution is 2.27. The molecule has 26 heavy (non-hydrogen) atoms. The maximum absolute atomic E-state index is 14.5. The normalized spacial score (nSPS) is 16.3. The molecule has 1 fully saturated rings. The summed E-state index contributed by atoms with van der Waals surface area (Å²) < 4.78 is 20.8. The lowest BCUT2D eigenvalue weighted by Crippen LogP contribution is -2.46. The predicted octanol–water partition coefficient (Wildman–Crippen LogP) is 3.62. The third-order valence-corrected chi connectivity index (χ3v) is 5.08. The van der Waals surface area contributed by atoms with Gasteiger partial charge in [-0.2, -0.15) is 0 Å². The van der Waals surface area contributed by atoms with Crippen molar-refractivity contribution in [1.82, 2.24) is 9.80 Å². The zero-order valence-electron chi connectivity index (χ0n) is 14.7. The third kappa shape index (κ3) is 4.50. The van der Waals surface area contributed by atoms with Crippen LogP contribution in [0.25, 0.3) is 0 Å². The molecule has 0 bridgehead atoms. The molecule has 1 heterocycles. The Bertz CT molecular complexity index is 748. The SMILES string of the molecule is CN(Cc1ccc(Br)cc1)C(=O)[C@@H](c1ccccc1F)N1CCOCC1. The quantitative estimate of drug-likeness (QED) is 0.740. The van der Waals surface area contributed by atoms with Gasteiger partial charge in [-0.05, 0) is 23.8 Å². The van der Waals surface area contributed by atoms with Crippen molar-refractivity contribution < 1.29 is 13.9 Å². The first-order valence-electron chi connectivity index (χ1n) is 8.62. The van der Waals surface area contributed by atoms with E-state index in [2.05, 4.69) is 15.9 Å². The minimum absolute atomic E-state index is 0.111. The number of ether oxygens (including phenoxy) is 1. The lowest BCUT2D eigenvalue weighted by Gasteiger charge is -2.36. The van der Waals surface area contributed by atoms with Crippen molar-refractivity contribution >= 4 is 21.8 Å². The summed E-state index contributed by atoms with van der Waals surface area (Å²) in [4.78, 5) is 16.9. The van der Waals surface area contributed by atoms with E-state index in [0.717, 1.165) is 10.0 Å². The smallest absolute Gasteiger partial charge is 0.244 e. The molecule has 0 saturated carbocycles. The Labute approximate surface area is 161 Å². The lowest BCUT2D eigenvalue weighted by molar-refractivity contribution is -0.138. The van der Waals surface area contributed by atoms with Crippen molar-refractivity contribution in [3.63, 3.8) is 0 Å². The van der Waals surface area contributed by atoms with Gasteiger partial charge >= 0.3 is 0 Å². The molecule has 0 aromatic heterocycles. The molecule has 0 unspecified atom stereocenters. The number of hydrogen-bond acceptors (Lipinski definition) is 3. The average molecular weight is 421 g/mol. The summed E-state index contributed by atoms with van der Waals surface area (Å²) in [5, 5.41) is 0. The fraction of sp³-hybridized carbons (Fsp3) is 0.350. The number of nitrogens with zero attached hydrogens (tertiary/aromatic N) is 2. The number of rotatable bonds is 5. The number of amides is 1. The fourth-order valence-corrected chi connectivity index (χ4v) is 3.43. The van der Waals surface area contributed by atoms with E-state index in [9.17, 15) is 9.18 Å². The highest BCUT2D eigenvalue weighted by Gasteiger charge is 2.32. The monoisotopic (exact) mass is 420 g/mol. The van der Waals surface area contributed by atoms with Crippen molar-refractivity contribution in [3.8, 4) is 0 Å². The molecule has 0 aliphatic carbocycles. The average Bonchev–Trinajstić information content (AvgIpc) is 2.66. The summed E-state index contributed by atoms with van der Waals surface area (Å²) in [6.07, 6.45) is 0. The lowest BCUT2D eigenvalue weighted by atomic mass is 10.0. The number of morpholine rings is 1. The van der Waals surface area contributed by atoms with Gasteiger partial charge in [0.1, 0.15) is 11.9 Å². The van der Waals surface area contributed by atoms with Crippen LogP contribution in [0.4, 0.5) is 4.39 Å². The van der Waals surface area contributed by atoms with Crippen LogP contribution in [0, 0.1) is 5.82 Å². The Morgan fingerprint density at radius 3 is 2.50 bits per heavy atom. The van der Waals surface area contributed by atoms with E-state index in [1.165, 1.54) is 6.07 Å². The van der Waals surface area contributed by atoms with Crippen molar-refractivity contribution in [2.24, 2.45) is 0 Å². The molecule has 0 N–H and O–H groups in total. The molecule has 4 nitrogen and oxygen atoms in total. The van der Waals surface area contributed by atoms with Gasteiger partial charge in [-0.3, -0.25) is 9.69 Å². The van der Waals surface area contributed by atoms with E-state index in [1.54, 1.807) is 30.1 Å². The Balaban J connectivity index is 1.84. The minimum Gasteiger partial charge on any atom is -0.379 e. The first kappa shape index (κ1) is 19.0. The second kappa shape index (κ2) is 8.75. The van der Waals surface area contributed by atoms with Crippen LogP contribution in [0.3, 0.4) is 0 Å². The van der Waals surface area contributed by atoms with Gasteiger partial charge in [0.2, 0.25) is 5.91 Å². The molecule has 0 radical (unpaired) electrons. The standard InChI is InChI=1S/C20H22BrFN2O2/c1-23(14-15-6-8-16(21)9-7-15)20(25)19(24-10-12-26-13-11-24)17-4-2-3-5-18(17)22/h2-9,19H,10-14H2,1H3/t19-/m1/s1. The summed E-state index contributed by atoms with van der Waals surface area (Å²) in [7, 11) is 1.76. The van der Waals surface area contributed by atoms with Crippen molar-refractivity contribution in [3.05, 3.63) is 69.9 Å². The number of carbonyl (C=O) groups excluding carboxylic acids is 1. The van der Waals surface area contributed by atoms with E-state index >= 15 is 0 Å². The third-order valence-electron chi connectivity index (χ3n) is 4.55. The van der Waals surface area contributed by atoms with Crippen LogP contribution in [-0.4, -0.2) is 49.1 Å². The molecule has 1 amide bonds. The summed E-state index contributed by atoms with van der Waals surface area (Å²) in [5.74, 6) is -0.464. The summed E-state index contributed by atoms with van der Waals surface area (Å²) in [6, 6.07) is 13.7. The molecule has 1 aliphatic heterocycles. The molecule has 1 atom stereocenters. The predicted molar refractivity (Wildman–Crippen MR) is 102 cm³/mol. The van der Waals surface area contributed by atoms with Crippen molar-refractivity contribution in [2.45, 2.75) is 12.6 Å². The van der Waals surface area contributed by atoms with Gasteiger partial charge in [0.05, 0.1) is 13.2 Å². The van der Waals surface area contributed by atoms with Gasteiger partial charge in [-0.25, -0.2) is 4.39 Å². The Morgan fingerprint density at radius 1 is 1.19 bits per heavy atom. The van der Waals surface area contributed by atoms with Gasteiger partial charge in [0, 0.05) is 36.7 Å². The maximum atomic E-state index is 14.5. The highest BCUT2D eigenvalue weighted by molar-refractivity contribution is 9.10. The van der Waals surface area contributed by atoms with Crippen molar-refractivity contribution in [2.75, 3.05) is 33.4 Å². The molecular weight excluding hydrogens is 399 g/mol. The minimum atomic E-state index is -0.638. The molecule has 1 saturated heterocycles. The Hall–Kier alpha value is -1.76. The van der Waals surface area contributed by atoms with Crippen LogP contribution >= 0.6 is 15.9 Å². The summed E-state index contributed by atoms with van der Waals surface area (Å²) in [6.45, 7) is 2.79. The van der Waals surface area contributed by atoms with E-state index in [1.807, 2.05) is 29.2 Å². The van der Waals surface area contributed by atoms with Crippen LogP contribution in [0.2, 0.25) is 0 Å². The molecule has 2 aromatic rings. The van der Waals surface area contributed by atoms with E-state index < -0.39 is 6.04 Å². The van der Waals surface area contributed by atoms with Gasteiger partial charge < -0.3 is 9.64 Å². The maximum Gasteiger partial charge on any atom is 0.244 e. The molecular formula is C20H22BrFN2O2. The summed E-state index contributed by atoms with van der Waals surface area (Å²) in [5.41, 5.74) is 1.44. The largest absolute Gasteiger partial charge is 0.379 e. The molecule has 6 heteroatoms. The van der Waals surface area contributed by atoms with E-state index in [-0.39, 0.29) is 11.7 Å². The molecule has 138 valence electrons. The Kier molecular flexibility index (Phi) is 6.40. The number of carbonyl (C=O) groups is 1. The van der Waals surface area contributed by atoms with Crippen LogP contribution in [-0.2, 0) is 16.1 Å². The van der Waals surface area contributed by atoms with Crippen LogP contribution < -0.4 is 0 Å². The first-order valence-corrected chi connectivity index (χ1v) is 9.41. The number of halogens is 2. The molecule has 1 aliphatic rings.